The lowest BCUT2D eigenvalue weighted by Gasteiger charge is -2.16. The molecule has 6 heteroatoms. The second-order valence-corrected chi connectivity index (χ2v) is 6.75. The predicted octanol–water partition coefficient (Wildman–Crippen LogP) is 4.85. The number of furan rings is 1. The highest BCUT2D eigenvalue weighted by molar-refractivity contribution is 5.95. The number of rotatable bonds is 5. The predicted molar refractivity (Wildman–Crippen MR) is 109 cm³/mol. The quantitative estimate of drug-likeness (QED) is 0.357. The summed E-state index contributed by atoms with van der Waals surface area (Å²) in [4.78, 5) is 24.1. The number of carbonyl (C=O) groups is 1. The Morgan fingerprint density at radius 1 is 1.07 bits per heavy atom. The molecule has 0 saturated heterocycles. The number of para-hydroxylation sites is 1. The number of ether oxygens (including phenoxy) is 2. The molecule has 0 saturated carbocycles. The van der Waals surface area contributed by atoms with Gasteiger partial charge in [-0.15, -0.1) is 0 Å². The molecule has 29 heavy (non-hydrogen) atoms. The molecule has 1 atom stereocenters. The normalized spacial score (nSPS) is 12.2. The van der Waals surface area contributed by atoms with Crippen molar-refractivity contribution in [2.45, 2.75) is 26.9 Å². The van der Waals surface area contributed by atoms with E-state index in [1.165, 1.54) is 6.07 Å². The van der Waals surface area contributed by atoms with Crippen molar-refractivity contribution in [2.75, 3.05) is 6.61 Å². The monoisotopic (exact) mass is 392 g/mol. The average molecular weight is 392 g/mol. The maximum atomic E-state index is 12.1. The van der Waals surface area contributed by atoms with Gasteiger partial charge in [-0.25, -0.2) is 9.59 Å². The van der Waals surface area contributed by atoms with Gasteiger partial charge in [0, 0.05) is 22.4 Å². The van der Waals surface area contributed by atoms with Crippen molar-refractivity contribution in [3.8, 4) is 17.1 Å². The Kier molecular flexibility index (Phi) is 4.84. The minimum atomic E-state index is -0.767. The molecule has 2 aromatic heterocycles. The molecule has 0 radical (unpaired) electrons. The first-order chi connectivity index (χ1) is 14.0. The van der Waals surface area contributed by atoms with E-state index in [0.29, 0.717) is 28.0 Å². The van der Waals surface area contributed by atoms with E-state index >= 15 is 0 Å². The lowest BCUT2D eigenvalue weighted by atomic mass is 10.0. The van der Waals surface area contributed by atoms with Crippen LogP contribution in [0.25, 0.3) is 33.3 Å². The lowest BCUT2D eigenvalue weighted by molar-refractivity contribution is -0.150. The van der Waals surface area contributed by atoms with Gasteiger partial charge in [0.1, 0.15) is 22.7 Å². The summed E-state index contributed by atoms with van der Waals surface area (Å²) in [5.74, 6) is 0.616. The molecular formula is C23H20O6. The van der Waals surface area contributed by atoms with Crippen molar-refractivity contribution in [3.05, 3.63) is 64.5 Å². The van der Waals surface area contributed by atoms with Crippen LogP contribution in [0.15, 0.2) is 62.2 Å². The zero-order chi connectivity index (χ0) is 20.5. The molecule has 148 valence electrons. The van der Waals surface area contributed by atoms with Crippen LogP contribution < -0.4 is 10.4 Å². The van der Waals surface area contributed by atoms with E-state index < -0.39 is 17.7 Å². The molecule has 6 nitrogen and oxygen atoms in total. The molecule has 0 bridgehead atoms. The number of hydrogen-bond donors (Lipinski definition) is 0. The van der Waals surface area contributed by atoms with Gasteiger partial charge >= 0.3 is 11.6 Å². The number of esters is 1. The van der Waals surface area contributed by atoms with Crippen LogP contribution in [0, 0.1) is 6.92 Å². The molecule has 2 heterocycles. The number of fused-ring (bicyclic) bond motifs is 2. The largest absolute Gasteiger partial charge is 0.479 e. The summed E-state index contributed by atoms with van der Waals surface area (Å²) in [5, 5.41) is 1.59. The molecular weight excluding hydrogens is 372 g/mol. The van der Waals surface area contributed by atoms with E-state index in [2.05, 4.69) is 0 Å². The van der Waals surface area contributed by atoms with Crippen molar-refractivity contribution in [3.63, 3.8) is 0 Å². The second kappa shape index (κ2) is 7.47. The molecule has 0 aliphatic heterocycles. The topological polar surface area (TPSA) is 78.9 Å². The maximum Gasteiger partial charge on any atom is 0.347 e. The summed E-state index contributed by atoms with van der Waals surface area (Å²) in [6, 6.07) is 14.4. The SMILES string of the molecule is CCOC(=O)[C@H](C)Oc1cc2c(-c3cc4ccccc4o3)cc(=O)oc2cc1C. The first-order valence-corrected chi connectivity index (χ1v) is 9.37. The van der Waals surface area contributed by atoms with E-state index in [1.807, 2.05) is 37.3 Å². The number of aryl methyl sites for hydroxylation is 1. The standard InChI is InChI=1S/C23H20O6/c1-4-26-23(25)14(3)27-19-11-16-17(12-22(24)29-20(16)9-13(19)2)21-10-15-7-5-6-8-18(15)28-21/h5-12,14H,4H2,1-3H3/t14-/m0/s1. The van der Waals surface area contributed by atoms with Crippen LogP contribution in [0.1, 0.15) is 19.4 Å². The Morgan fingerprint density at radius 3 is 2.62 bits per heavy atom. The Labute approximate surface area is 166 Å². The third-order valence-corrected chi connectivity index (χ3v) is 4.65. The molecule has 2 aromatic carbocycles. The highest BCUT2D eigenvalue weighted by Crippen LogP contribution is 2.35. The minimum absolute atomic E-state index is 0.282. The average Bonchev–Trinajstić information content (AvgIpc) is 3.12. The van der Waals surface area contributed by atoms with Gasteiger partial charge in [0.05, 0.1) is 6.61 Å². The van der Waals surface area contributed by atoms with Gasteiger partial charge < -0.3 is 18.3 Å². The summed E-state index contributed by atoms with van der Waals surface area (Å²) in [7, 11) is 0. The summed E-state index contributed by atoms with van der Waals surface area (Å²) in [6.45, 7) is 5.48. The third-order valence-electron chi connectivity index (χ3n) is 4.65. The molecule has 0 amide bonds. The van der Waals surface area contributed by atoms with Crippen molar-refractivity contribution < 1.29 is 23.1 Å². The fourth-order valence-corrected chi connectivity index (χ4v) is 3.23. The van der Waals surface area contributed by atoms with Crippen molar-refractivity contribution in [1.29, 1.82) is 0 Å². The van der Waals surface area contributed by atoms with E-state index in [9.17, 15) is 9.59 Å². The first kappa shape index (κ1) is 18.8. The summed E-state index contributed by atoms with van der Waals surface area (Å²) in [6.07, 6.45) is -0.767. The Bertz CT molecular complexity index is 1230. The van der Waals surface area contributed by atoms with Gasteiger partial charge in [-0.1, -0.05) is 18.2 Å². The van der Waals surface area contributed by atoms with Gasteiger partial charge in [0.2, 0.25) is 0 Å². The molecule has 4 rings (SSSR count). The van der Waals surface area contributed by atoms with Gasteiger partial charge in [-0.2, -0.15) is 0 Å². The summed E-state index contributed by atoms with van der Waals surface area (Å²) in [5.41, 5.74) is 2.01. The van der Waals surface area contributed by atoms with Crippen molar-refractivity contribution in [1.82, 2.24) is 0 Å². The van der Waals surface area contributed by atoms with Crippen LogP contribution in [0.5, 0.6) is 5.75 Å². The van der Waals surface area contributed by atoms with Crippen molar-refractivity contribution >= 4 is 27.9 Å². The Balaban J connectivity index is 1.84. The highest BCUT2D eigenvalue weighted by Gasteiger charge is 2.19. The number of benzene rings is 2. The zero-order valence-corrected chi connectivity index (χ0v) is 16.4. The van der Waals surface area contributed by atoms with E-state index in [1.54, 1.807) is 26.0 Å². The second-order valence-electron chi connectivity index (χ2n) is 6.75. The molecule has 4 aromatic rings. The van der Waals surface area contributed by atoms with Crippen LogP contribution in [0.3, 0.4) is 0 Å². The molecule has 0 fully saturated rings. The third kappa shape index (κ3) is 3.61. The van der Waals surface area contributed by atoms with Crippen LogP contribution in [-0.2, 0) is 9.53 Å². The van der Waals surface area contributed by atoms with Crippen LogP contribution >= 0.6 is 0 Å². The first-order valence-electron chi connectivity index (χ1n) is 9.37. The fraction of sp³-hybridized carbons (Fsp3) is 0.217. The van der Waals surface area contributed by atoms with Gasteiger partial charge in [0.25, 0.3) is 0 Å². The minimum Gasteiger partial charge on any atom is -0.479 e. The van der Waals surface area contributed by atoms with Crippen LogP contribution in [0.4, 0.5) is 0 Å². The molecule has 0 spiro atoms. The fourth-order valence-electron chi connectivity index (χ4n) is 3.23. The number of hydrogen-bond acceptors (Lipinski definition) is 6. The molecule has 0 N–H and O–H groups in total. The van der Waals surface area contributed by atoms with Gasteiger partial charge in [-0.3, -0.25) is 0 Å². The lowest BCUT2D eigenvalue weighted by Crippen LogP contribution is -2.26. The molecule has 0 aliphatic carbocycles. The summed E-state index contributed by atoms with van der Waals surface area (Å²) >= 11 is 0. The maximum absolute atomic E-state index is 12.1. The Hall–Kier alpha value is -3.54. The van der Waals surface area contributed by atoms with Crippen LogP contribution in [0.2, 0.25) is 0 Å². The van der Waals surface area contributed by atoms with E-state index in [4.69, 9.17) is 18.3 Å². The highest BCUT2D eigenvalue weighted by atomic mass is 16.6. The van der Waals surface area contributed by atoms with Gasteiger partial charge in [-0.05, 0) is 50.6 Å². The van der Waals surface area contributed by atoms with E-state index in [-0.39, 0.29) is 6.61 Å². The van der Waals surface area contributed by atoms with Crippen molar-refractivity contribution in [2.24, 2.45) is 0 Å². The molecule has 0 unspecified atom stereocenters. The summed E-state index contributed by atoms with van der Waals surface area (Å²) < 4.78 is 22.2. The Morgan fingerprint density at radius 2 is 1.86 bits per heavy atom. The smallest absolute Gasteiger partial charge is 0.347 e. The molecule has 0 aliphatic rings. The van der Waals surface area contributed by atoms with Crippen LogP contribution in [-0.4, -0.2) is 18.7 Å². The van der Waals surface area contributed by atoms with Gasteiger partial charge in [0.15, 0.2) is 6.10 Å². The van der Waals surface area contributed by atoms with E-state index in [0.717, 1.165) is 16.5 Å². The number of carbonyl (C=O) groups excluding carboxylic acids is 1. The zero-order valence-electron chi connectivity index (χ0n) is 16.4.